The Labute approximate surface area is 305 Å². The summed E-state index contributed by atoms with van der Waals surface area (Å²) in [6, 6.07) is 78.3. The van der Waals surface area contributed by atoms with E-state index in [1.54, 1.807) is 0 Å². The molecule has 246 valence electrons. The lowest BCUT2D eigenvalue weighted by Gasteiger charge is -2.31. The standard InChI is InChI=1S/C50H36N2/c1-4-15-37(16-5-1)38-27-30-44(31-28-38)52(45-34-32-43(33-35-45)51(41-20-6-2-7-21-41)42-22-8-3-9-23-42)50-47-25-13-11-18-40(47)29-36-49(50)48-26-14-19-39-17-10-12-24-46(39)48/h1-36H. The minimum Gasteiger partial charge on any atom is -0.311 e. The molecule has 0 unspecified atom stereocenters. The number of nitrogens with zero attached hydrogens (tertiary/aromatic N) is 2. The lowest BCUT2D eigenvalue weighted by Crippen LogP contribution is -2.13. The minimum atomic E-state index is 1.08. The van der Waals surface area contributed by atoms with Gasteiger partial charge < -0.3 is 9.80 Å². The molecule has 2 nitrogen and oxygen atoms in total. The van der Waals surface area contributed by atoms with Gasteiger partial charge in [-0.3, -0.25) is 0 Å². The highest BCUT2D eigenvalue weighted by Crippen LogP contribution is 2.47. The smallest absolute Gasteiger partial charge is 0.0618 e. The number of para-hydroxylation sites is 2. The lowest BCUT2D eigenvalue weighted by molar-refractivity contribution is 1.26. The van der Waals surface area contributed by atoms with Crippen LogP contribution in [0.1, 0.15) is 0 Å². The second-order valence-corrected chi connectivity index (χ2v) is 13.0. The van der Waals surface area contributed by atoms with Crippen LogP contribution in [0.3, 0.4) is 0 Å². The van der Waals surface area contributed by atoms with Crippen molar-refractivity contribution < 1.29 is 0 Å². The first-order valence-electron chi connectivity index (χ1n) is 17.8. The van der Waals surface area contributed by atoms with E-state index in [1.807, 2.05) is 0 Å². The molecule has 0 bridgehead atoms. The van der Waals surface area contributed by atoms with Crippen molar-refractivity contribution in [3.05, 3.63) is 218 Å². The third kappa shape index (κ3) is 5.87. The summed E-state index contributed by atoms with van der Waals surface area (Å²) in [5, 5.41) is 4.85. The van der Waals surface area contributed by atoms with Gasteiger partial charge in [0.1, 0.15) is 0 Å². The Hall–Kier alpha value is -6.90. The molecule has 0 amide bonds. The molecule has 9 aromatic carbocycles. The molecule has 52 heavy (non-hydrogen) atoms. The van der Waals surface area contributed by atoms with E-state index in [2.05, 4.69) is 228 Å². The van der Waals surface area contributed by atoms with Crippen molar-refractivity contribution in [2.45, 2.75) is 0 Å². The summed E-state index contributed by atoms with van der Waals surface area (Å²) in [5.41, 5.74) is 11.4. The van der Waals surface area contributed by atoms with Crippen LogP contribution < -0.4 is 9.80 Å². The molecule has 0 aliphatic rings. The highest BCUT2D eigenvalue weighted by molar-refractivity contribution is 6.10. The van der Waals surface area contributed by atoms with Gasteiger partial charge in [0, 0.05) is 39.4 Å². The summed E-state index contributed by atoms with van der Waals surface area (Å²) in [6.07, 6.45) is 0. The summed E-state index contributed by atoms with van der Waals surface area (Å²) in [6.45, 7) is 0. The second-order valence-electron chi connectivity index (χ2n) is 13.0. The van der Waals surface area contributed by atoms with Gasteiger partial charge in [-0.25, -0.2) is 0 Å². The van der Waals surface area contributed by atoms with Crippen LogP contribution in [0.15, 0.2) is 218 Å². The molecule has 0 heterocycles. The summed E-state index contributed by atoms with van der Waals surface area (Å²) >= 11 is 0. The van der Waals surface area contributed by atoms with Crippen molar-refractivity contribution in [2.75, 3.05) is 9.80 Å². The number of rotatable bonds is 8. The fraction of sp³-hybridized carbons (Fsp3) is 0. The van der Waals surface area contributed by atoms with E-state index in [0.717, 1.165) is 34.1 Å². The molecule has 0 N–H and O–H groups in total. The van der Waals surface area contributed by atoms with E-state index in [9.17, 15) is 0 Å². The van der Waals surface area contributed by atoms with E-state index < -0.39 is 0 Å². The van der Waals surface area contributed by atoms with Gasteiger partial charge in [-0.05, 0) is 93.5 Å². The zero-order valence-electron chi connectivity index (χ0n) is 28.7. The fourth-order valence-electron chi connectivity index (χ4n) is 7.37. The summed E-state index contributed by atoms with van der Waals surface area (Å²) < 4.78 is 0. The third-order valence-electron chi connectivity index (χ3n) is 9.83. The van der Waals surface area contributed by atoms with Gasteiger partial charge in [0.25, 0.3) is 0 Å². The monoisotopic (exact) mass is 664 g/mol. The predicted molar refractivity (Wildman–Crippen MR) is 222 cm³/mol. The molecule has 0 aromatic heterocycles. The van der Waals surface area contributed by atoms with Crippen LogP contribution in [-0.4, -0.2) is 0 Å². The summed E-state index contributed by atoms with van der Waals surface area (Å²) in [7, 11) is 0. The topological polar surface area (TPSA) is 6.48 Å². The lowest BCUT2D eigenvalue weighted by atomic mass is 9.93. The van der Waals surface area contributed by atoms with Crippen LogP contribution in [0.25, 0.3) is 43.8 Å². The number of anilines is 6. The van der Waals surface area contributed by atoms with Crippen LogP contribution >= 0.6 is 0 Å². The number of hydrogen-bond acceptors (Lipinski definition) is 2. The molecule has 0 saturated carbocycles. The molecule has 0 aliphatic carbocycles. The maximum Gasteiger partial charge on any atom is 0.0618 e. The van der Waals surface area contributed by atoms with E-state index >= 15 is 0 Å². The Morgan fingerprint density at radius 1 is 0.231 bits per heavy atom. The highest BCUT2D eigenvalue weighted by Gasteiger charge is 2.22. The Balaban J connectivity index is 1.26. The van der Waals surface area contributed by atoms with E-state index in [0.29, 0.717) is 0 Å². The molecule has 0 aliphatic heterocycles. The molecule has 0 spiro atoms. The maximum atomic E-state index is 2.44. The Morgan fingerprint density at radius 2 is 0.654 bits per heavy atom. The zero-order chi connectivity index (χ0) is 34.7. The van der Waals surface area contributed by atoms with Crippen LogP contribution in [0.5, 0.6) is 0 Å². The van der Waals surface area contributed by atoms with Crippen LogP contribution in [0.2, 0.25) is 0 Å². The molecular formula is C50H36N2. The van der Waals surface area contributed by atoms with Crippen molar-refractivity contribution in [1.29, 1.82) is 0 Å². The van der Waals surface area contributed by atoms with Crippen molar-refractivity contribution >= 4 is 55.7 Å². The second kappa shape index (κ2) is 13.8. The quantitative estimate of drug-likeness (QED) is 0.159. The first kappa shape index (κ1) is 31.1. The van der Waals surface area contributed by atoms with Gasteiger partial charge >= 0.3 is 0 Å². The number of fused-ring (bicyclic) bond motifs is 2. The Morgan fingerprint density at radius 3 is 1.27 bits per heavy atom. The van der Waals surface area contributed by atoms with Gasteiger partial charge in [-0.15, -0.1) is 0 Å². The minimum absolute atomic E-state index is 1.08. The molecule has 9 rings (SSSR count). The average molecular weight is 665 g/mol. The SMILES string of the molecule is c1ccc(-c2ccc(N(c3ccc(N(c4ccccc4)c4ccccc4)cc3)c3c(-c4cccc5ccccc45)ccc4ccccc34)cc2)cc1. The Kier molecular flexibility index (Phi) is 8.24. The maximum absolute atomic E-state index is 2.44. The van der Waals surface area contributed by atoms with E-state index in [-0.39, 0.29) is 0 Å². The summed E-state index contributed by atoms with van der Waals surface area (Å²) in [4.78, 5) is 4.75. The molecule has 9 aromatic rings. The molecule has 0 fully saturated rings. The third-order valence-corrected chi connectivity index (χ3v) is 9.83. The van der Waals surface area contributed by atoms with Crippen molar-refractivity contribution in [3.8, 4) is 22.3 Å². The average Bonchev–Trinajstić information content (AvgIpc) is 3.23. The number of benzene rings is 9. The van der Waals surface area contributed by atoms with Gasteiger partial charge in [0.05, 0.1) is 5.69 Å². The summed E-state index contributed by atoms with van der Waals surface area (Å²) in [5.74, 6) is 0. The van der Waals surface area contributed by atoms with Gasteiger partial charge in [0.15, 0.2) is 0 Å². The molecule has 0 radical (unpaired) electrons. The van der Waals surface area contributed by atoms with Gasteiger partial charge in [-0.1, -0.05) is 158 Å². The van der Waals surface area contributed by atoms with Gasteiger partial charge in [-0.2, -0.15) is 0 Å². The van der Waals surface area contributed by atoms with E-state index in [4.69, 9.17) is 0 Å². The van der Waals surface area contributed by atoms with Gasteiger partial charge in [0.2, 0.25) is 0 Å². The Bertz CT molecular complexity index is 2550. The molecule has 0 atom stereocenters. The molecule has 0 saturated heterocycles. The van der Waals surface area contributed by atoms with Crippen LogP contribution in [0, 0.1) is 0 Å². The first-order valence-corrected chi connectivity index (χ1v) is 17.8. The van der Waals surface area contributed by atoms with Crippen LogP contribution in [-0.2, 0) is 0 Å². The van der Waals surface area contributed by atoms with Crippen molar-refractivity contribution in [1.82, 2.24) is 0 Å². The molecular weight excluding hydrogens is 629 g/mol. The predicted octanol–water partition coefficient (Wildman–Crippen LogP) is 14.3. The van der Waals surface area contributed by atoms with Crippen molar-refractivity contribution in [2.24, 2.45) is 0 Å². The van der Waals surface area contributed by atoms with Crippen LogP contribution in [0.4, 0.5) is 34.1 Å². The van der Waals surface area contributed by atoms with Crippen molar-refractivity contribution in [3.63, 3.8) is 0 Å². The fourth-order valence-corrected chi connectivity index (χ4v) is 7.37. The zero-order valence-corrected chi connectivity index (χ0v) is 28.7. The molecule has 2 heteroatoms. The highest BCUT2D eigenvalue weighted by atomic mass is 15.2. The number of hydrogen-bond donors (Lipinski definition) is 0. The largest absolute Gasteiger partial charge is 0.311 e. The van der Waals surface area contributed by atoms with E-state index in [1.165, 1.54) is 43.8 Å². The first-order chi connectivity index (χ1) is 25.8. The normalized spacial score (nSPS) is 11.1.